The van der Waals surface area contributed by atoms with E-state index in [9.17, 15) is 0 Å². The second-order valence-electron chi connectivity index (χ2n) is 4.31. The van der Waals surface area contributed by atoms with Crippen molar-refractivity contribution >= 4 is 5.82 Å². The first-order valence-corrected chi connectivity index (χ1v) is 5.49. The Morgan fingerprint density at radius 1 is 1.50 bits per heavy atom. The van der Waals surface area contributed by atoms with Crippen LogP contribution in [0, 0.1) is 5.92 Å². The first-order valence-electron chi connectivity index (χ1n) is 5.49. The molecule has 3 nitrogen and oxygen atoms in total. The third kappa shape index (κ3) is 1.19. The molecule has 1 aromatic heterocycles. The lowest BCUT2D eigenvalue weighted by Crippen LogP contribution is -2.09. The average Bonchev–Trinajstić information content (AvgIpc) is 2.97. The van der Waals surface area contributed by atoms with E-state index < -0.39 is 0 Å². The second kappa shape index (κ2) is 2.94. The predicted molar refractivity (Wildman–Crippen MR) is 55.4 cm³/mol. The minimum absolute atomic E-state index is 0.752. The molecule has 0 amide bonds. The molecule has 2 aliphatic carbocycles. The van der Waals surface area contributed by atoms with Crippen LogP contribution in [0.2, 0.25) is 0 Å². The Bertz CT molecular complexity index is 362. The number of nitrogens with zero attached hydrogens (tertiary/aromatic N) is 2. The number of aryl methyl sites for hydroxylation is 1. The molecule has 2 aliphatic rings. The van der Waals surface area contributed by atoms with E-state index in [1.807, 2.05) is 0 Å². The number of rotatable bonds is 2. The molecular weight excluding hydrogens is 174 g/mol. The quantitative estimate of drug-likeness (QED) is 0.772. The summed E-state index contributed by atoms with van der Waals surface area (Å²) >= 11 is 0. The van der Waals surface area contributed by atoms with Crippen molar-refractivity contribution < 1.29 is 0 Å². The van der Waals surface area contributed by atoms with Crippen molar-refractivity contribution in [2.75, 3.05) is 11.9 Å². The zero-order valence-electron chi connectivity index (χ0n) is 8.45. The normalized spacial score (nSPS) is 27.8. The fourth-order valence-corrected chi connectivity index (χ4v) is 2.46. The summed E-state index contributed by atoms with van der Waals surface area (Å²) in [5.41, 5.74) is 2.71. The summed E-state index contributed by atoms with van der Waals surface area (Å²) in [4.78, 5) is 0. The number of fused-ring (bicyclic) bond motifs is 3. The number of anilines is 1. The highest BCUT2D eigenvalue weighted by atomic mass is 15.2. The Hall–Kier alpha value is -1.12. The average molecular weight is 189 g/mol. The van der Waals surface area contributed by atoms with E-state index in [1.165, 1.54) is 30.5 Å². The molecule has 0 spiro atoms. The first-order chi connectivity index (χ1) is 6.88. The van der Waals surface area contributed by atoms with Gasteiger partial charge < -0.3 is 5.32 Å². The zero-order chi connectivity index (χ0) is 9.54. The summed E-state index contributed by atoms with van der Waals surface area (Å²) in [6.45, 7) is 3.00. The summed E-state index contributed by atoms with van der Waals surface area (Å²) in [6.07, 6.45) is 3.90. The van der Waals surface area contributed by atoms with Gasteiger partial charge in [0.2, 0.25) is 0 Å². The van der Waals surface area contributed by atoms with Crippen LogP contribution in [0.4, 0.5) is 5.82 Å². The van der Waals surface area contributed by atoms with Crippen molar-refractivity contribution in [3.05, 3.63) is 17.3 Å². The molecule has 1 heterocycles. The topological polar surface area (TPSA) is 37.8 Å². The van der Waals surface area contributed by atoms with Gasteiger partial charge in [-0.1, -0.05) is 0 Å². The standard InChI is InChI=1S/C11H15N3/c1-2-12-10-6-8-4-3-7-5-9(7)11(8)14-13-10/h6-7,9H,2-5H2,1H3,(H,12,13). The molecule has 0 bridgehead atoms. The van der Waals surface area contributed by atoms with Gasteiger partial charge in [-0.25, -0.2) is 0 Å². The van der Waals surface area contributed by atoms with Crippen LogP contribution in [0.25, 0.3) is 0 Å². The molecule has 14 heavy (non-hydrogen) atoms. The summed E-state index contributed by atoms with van der Waals surface area (Å²) < 4.78 is 0. The van der Waals surface area contributed by atoms with Crippen LogP contribution in [0.3, 0.4) is 0 Å². The molecule has 2 unspecified atom stereocenters. The highest BCUT2D eigenvalue weighted by Crippen LogP contribution is 2.53. The largest absolute Gasteiger partial charge is 0.369 e. The molecule has 3 heteroatoms. The van der Waals surface area contributed by atoms with Crippen molar-refractivity contribution in [3.63, 3.8) is 0 Å². The van der Waals surface area contributed by atoms with E-state index in [0.717, 1.165) is 24.2 Å². The van der Waals surface area contributed by atoms with Crippen LogP contribution < -0.4 is 5.32 Å². The highest BCUT2D eigenvalue weighted by Gasteiger charge is 2.43. The Kier molecular flexibility index (Phi) is 1.72. The van der Waals surface area contributed by atoms with E-state index in [4.69, 9.17) is 0 Å². The molecule has 0 saturated heterocycles. The molecule has 1 fully saturated rings. The lowest BCUT2D eigenvalue weighted by molar-refractivity contribution is 0.645. The number of nitrogens with one attached hydrogen (secondary N) is 1. The second-order valence-corrected chi connectivity index (χ2v) is 4.31. The van der Waals surface area contributed by atoms with E-state index in [1.54, 1.807) is 0 Å². The zero-order valence-corrected chi connectivity index (χ0v) is 8.45. The van der Waals surface area contributed by atoms with Crippen LogP contribution >= 0.6 is 0 Å². The van der Waals surface area contributed by atoms with E-state index in [0.29, 0.717) is 0 Å². The fourth-order valence-electron chi connectivity index (χ4n) is 2.46. The van der Waals surface area contributed by atoms with Gasteiger partial charge >= 0.3 is 0 Å². The molecule has 1 N–H and O–H groups in total. The fraction of sp³-hybridized carbons (Fsp3) is 0.636. The molecule has 1 saturated carbocycles. The molecule has 0 radical (unpaired) electrons. The Morgan fingerprint density at radius 3 is 3.29 bits per heavy atom. The highest BCUT2D eigenvalue weighted by molar-refractivity contribution is 5.41. The number of hydrogen-bond acceptors (Lipinski definition) is 3. The smallest absolute Gasteiger partial charge is 0.148 e. The van der Waals surface area contributed by atoms with Gasteiger partial charge in [-0.3, -0.25) is 0 Å². The van der Waals surface area contributed by atoms with Crippen molar-refractivity contribution in [1.82, 2.24) is 10.2 Å². The van der Waals surface area contributed by atoms with Gasteiger partial charge in [-0.05, 0) is 43.7 Å². The van der Waals surface area contributed by atoms with Crippen molar-refractivity contribution in [2.45, 2.75) is 32.1 Å². The van der Waals surface area contributed by atoms with Crippen LogP contribution in [0.15, 0.2) is 6.07 Å². The summed E-state index contributed by atoms with van der Waals surface area (Å²) in [5.74, 6) is 2.62. The molecule has 0 aromatic carbocycles. The minimum atomic E-state index is 0.752. The van der Waals surface area contributed by atoms with Crippen LogP contribution in [0.5, 0.6) is 0 Å². The summed E-state index contributed by atoms with van der Waals surface area (Å²) in [5, 5.41) is 11.8. The molecule has 2 atom stereocenters. The molecule has 74 valence electrons. The van der Waals surface area contributed by atoms with E-state index in [2.05, 4.69) is 28.5 Å². The first kappa shape index (κ1) is 8.21. The number of hydrogen-bond donors (Lipinski definition) is 1. The monoisotopic (exact) mass is 189 g/mol. The van der Waals surface area contributed by atoms with Gasteiger partial charge in [0, 0.05) is 12.5 Å². The van der Waals surface area contributed by atoms with Gasteiger partial charge in [0.15, 0.2) is 0 Å². The third-order valence-corrected chi connectivity index (χ3v) is 3.32. The summed E-state index contributed by atoms with van der Waals surface area (Å²) in [7, 11) is 0. The maximum absolute atomic E-state index is 4.35. The van der Waals surface area contributed by atoms with Crippen molar-refractivity contribution in [1.29, 1.82) is 0 Å². The van der Waals surface area contributed by atoms with Gasteiger partial charge in [0.25, 0.3) is 0 Å². The third-order valence-electron chi connectivity index (χ3n) is 3.32. The maximum Gasteiger partial charge on any atom is 0.148 e. The molecular formula is C11H15N3. The van der Waals surface area contributed by atoms with E-state index in [-0.39, 0.29) is 0 Å². The SMILES string of the molecule is CCNc1cc2c(nn1)C1CC1CC2. The Labute approximate surface area is 83.9 Å². The lowest BCUT2D eigenvalue weighted by Gasteiger charge is -2.14. The minimum Gasteiger partial charge on any atom is -0.369 e. The number of aromatic nitrogens is 2. The van der Waals surface area contributed by atoms with Crippen LogP contribution in [-0.4, -0.2) is 16.7 Å². The van der Waals surface area contributed by atoms with Crippen molar-refractivity contribution in [3.8, 4) is 0 Å². The molecule has 3 rings (SSSR count). The van der Waals surface area contributed by atoms with Gasteiger partial charge in [-0.15, -0.1) is 5.10 Å². The van der Waals surface area contributed by atoms with E-state index >= 15 is 0 Å². The van der Waals surface area contributed by atoms with Crippen molar-refractivity contribution in [2.24, 2.45) is 5.92 Å². The van der Waals surface area contributed by atoms with Crippen LogP contribution in [0.1, 0.15) is 36.9 Å². The summed E-state index contributed by atoms with van der Waals surface area (Å²) in [6, 6.07) is 2.18. The molecule has 0 aliphatic heterocycles. The van der Waals surface area contributed by atoms with Crippen LogP contribution in [-0.2, 0) is 6.42 Å². The molecule has 1 aromatic rings. The predicted octanol–water partition coefficient (Wildman–Crippen LogP) is 1.96. The Morgan fingerprint density at radius 2 is 2.43 bits per heavy atom. The Balaban J connectivity index is 1.94. The van der Waals surface area contributed by atoms with Gasteiger partial charge in [0.1, 0.15) is 5.82 Å². The maximum atomic E-state index is 4.35. The lowest BCUT2D eigenvalue weighted by atomic mass is 9.97. The van der Waals surface area contributed by atoms with Gasteiger partial charge in [0.05, 0.1) is 5.69 Å². The van der Waals surface area contributed by atoms with Gasteiger partial charge in [-0.2, -0.15) is 5.10 Å².